The third kappa shape index (κ3) is 4.38. The smallest absolute Gasteiger partial charge is 0.230 e. The molecule has 6 nitrogen and oxygen atoms in total. The number of carbonyl (C=O) groups is 1. The van der Waals surface area contributed by atoms with E-state index in [-0.39, 0.29) is 17.7 Å². The number of nitrogens with zero attached hydrogens (tertiary/aromatic N) is 3. The molecular formula is C19H27N5OS. The van der Waals surface area contributed by atoms with Gasteiger partial charge in [0.05, 0.1) is 11.8 Å². The summed E-state index contributed by atoms with van der Waals surface area (Å²) in [5.41, 5.74) is 2.43. The van der Waals surface area contributed by atoms with Crippen molar-refractivity contribution in [3.63, 3.8) is 0 Å². The van der Waals surface area contributed by atoms with E-state index in [1.165, 1.54) is 22.0 Å². The summed E-state index contributed by atoms with van der Waals surface area (Å²) in [5.74, 6) is 7.85. The van der Waals surface area contributed by atoms with Crippen LogP contribution in [0.5, 0.6) is 0 Å². The maximum atomic E-state index is 12.5. The van der Waals surface area contributed by atoms with Crippen LogP contribution in [0.4, 0.5) is 0 Å². The second-order valence-corrected chi connectivity index (χ2v) is 8.10. The zero-order valence-electron chi connectivity index (χ0n) is 15.6. The highest BCUT2D eigenvalue weighted by Crippen LogP contribution is 2.39. The normalized spacial score (nSPS) is 15.2. The molecular weight excluding hydrogens is 346 g/mol. The molecule has 0 spiro atoms. The molecule has 7 heteroatoms. The number of aryl methyl sites for hydroxylation is 1. The van der Waals surface area contributed by atoms with Gasteiger partial charge in [0.2, 0.25) is 11.1 Å². The summed E-state index contributed by atoms with van der Waals surface area (Å²) in [7, 11) is 0. The molecule has 1 saturated carbocycles. The Kier molecular flexibility index (Phi) is 5.86. The molecule has 1 fully saturated rings. The predicted molar refractivity (Wildman–Crippen MR) is 104 cm³/mol. The Morgan fingerprint density at radius 2 is 2.00 bits per heavy atom. The SMILES string of the molecule is CCc1ccc([C@@H](NC(=O)CSc2nnc(C3CC3)n2N)C(C)C)cc1. The van der Waals surface area contributed by atoms with Crippen molar-refractivity contribution in [2.75, 3.05) is 11.6 Å². The average Bonchev–Trinajstić information content (AvgIpc) is 3.41. The quantitative estimate of drug-likeness (QED) is 0.549. The fourth-order valence-corrected chi connectivity index (χ4v) is 3.62. The van der Waals surface area contributed by atoms with Gasteiger partial charge in [-0.2, -0.15) is 0 Å². The highest BCUT2D eigenvalue weighted by Gasteiger charge is 2.30. The maximum Gasteiger partial charge on any atom is 0.230 e. The zero-order valence-corrected chi connectivity index (χ0v) is 16.4. The van der Waals surface area contributed by atoms with Gasteiger partial charge in [-0.3, -0.25) is 4.79 Å². The molecule has 1 heterocycles. The lowest BCUT2D eigenvalue weighted by atomic mass is 9.95. The van der Waals surface area contributed by atoms with E-state index in [0.29, 0.717) is 17.0 Å². The summed E-state index contributed by atoms with van der Waals surface area (Å²) in [6.45, 7) is 6.37. The van der Waals surface area contributed by atoms with Crippen LogP contribution < -0.4 is 11.2 Å². The fourth-order valence-electron chi connectivity index (χ4n) is 2.95. The molecule has 0 saturated heterocycles. The van der Waals surface area contributed by atoms with Gasteiger partial charge in [0.1, 0.15) is 0 Å². The van der Waals surface area contributed by atoms with Crippen LogP contribution in [0.25, 0.3) is 0 Å². The van der Waals surface area contributed by atoms with E-state index in [4.69, 9.17) is 5.84 Å². The van der Waals surface area contributed by atoms with E-state index in [9.17, 15) is 4.79 Å². The first-order valence-electron chi connectivity index (χ1n) is 9.21. The van der Waals surface area contributed by atoms with Crippen molar-refractivity contribution in [3.05, 3.63) is 41.2 Å². The molecule has 26 heavy (non-hydrogen) atoms. The Bertz CT molecular complexity index is 752. The van der Waals surface area contributed by atoms with Gasteiger partial charge in [-0.15, -0.1) is 10.2 Å². The van der Waals surface area contributed by atoms with Crippen LogP contribution in [0.15, 0.2) is 29.4 Å². The number of nitrogens with two attached hydrogens (primary N) is 1. The molecule has 1 aliphatic carbocycles. The average molecular weight is 374 g/mol. The molecule has 1 aromatic heterocycles. The summed E-state index contributed by atoms with van der Waals surface area (Å²) in [4.78, 5) is 12.5. The molecule has 1 aromatic carbocycles. The molecule has 0 radical (unpaired) electrons. The Balaban J connectivity index is 1.59. The number of benzene rings is 1. The first-order valence-corrected chi connectivity index (χ1v) is 10.2. The maximum absolute atomic E-state index is 12.5. The highest BCUT2D eigenvalue weighted by atomic mass is 32.2. The van der Waals surface area contributed by atoms with Crippen molar-refractivity contribution in [1.29, 1.82) is 0 Å². The van der Waals surface area contributed by atoms with Gasteiger partial charge < -0.3 is 11.2 Å². The third-order valence-corrected chi connectivity index (χ3v) is 5.64. The number of amides is 1. The van der Waals surface area contributed by atoms with Gasteiger partial charge >= 0.3 is 0 Å². The van der Waals surface area contributed by atoms with Crippen LogP contribution in [0.3, 0.4) is 0 Å². The molecule has 1 amide bonds. The van der Waals surface area contributed by atoms with Crippen molar-refractivity contribution < 1.29 is 4.79 Å². The molecule has 0 unspecified atom stereocenters. The van der Waals surface area contributed by atoms with E-state index in [1.807, 2.05) is 0 Å². The first kappa shape index (κ1) is 18.8. The lowest BCUT2D eigenvalue weighted by molar-refractivity contribution is -0.119. The molecule has 3 rings (SSSR count). The molecule has 140 valence electrons. The Hall–Kier alpha value is -2.02. The number of nitrogen functional groups attached to an aromatic ring is 1. The van der Waals surface area contributed by atoms with E-state index in [2.05, 4.69) is 60.6 Å². The van der Waals surface area contributed by atoms with E-state index < -0.39 is 0 Å². The molecule has 2 aromatic rings. The van der Waals surface area contributed by atoms with Crippen molar-refractivity contribution in [2.24, 2.45) is 5.92 Å². The van der Waals surface area contributed by atoms with Gasteiger partial charge in [-0.25, -0.2) is 4.68 Å². The number of carbonyl (C=O) groups excluding carboxylic acids is 1. The molecule has 0 aliphatic heterocycles. The van der Waals surface area contributed by atoms with Crippen LogP contribution >= 0.6 is 11.8 Å². The second kappa shape index (κ2) is 8.12. The topological polar surface area (TPSA) is 85.8 Å². The number of hydrogen-bond acceptors (Lipinski definition) is 5. The number of thioether (sulfide) groups is 1. The van der Waals surface area contributed by atoms with Gasteiger partial charge in [0, 0.05) is 5.92 Å². The summed E-state index contributed by atoms with van der Waals surface area (Å²) in [6, 6.07) is 8.46. The van der Waals surface area contributed by atoms with E-state index in [1.54, 1.807) is 0 Å². The van der Waals surface area contributed by atoms with Crippen molar-refractivity contribution >= 4 is 17.7 Å². The summed E-state index contributed by atoms with van der Waals surface area (Å²) in [6.07, 6.45) is 3.25. The van der Waals surface area contributed by atoms with E-state index in [0.717, 1.165) is 30.7 Å². The Labute approximate surface area is 158 Å². The van der Waals surface area contributed by atoms with Crippen LogP contribution in [0.1, 0.15) is 62.5 Å². The Morgan fingerprint density at radius 1 is 1.31 bits per heavy atom. The van der Waals surface area contributed by atoms with Gasteiger partial charge in [-0.1, -0.05) is 56.8 Å². The van der Waals surface area contributed by atoms with Gasteiger partial charge in [0.15, 0.2) is 5.82 Å². The number of nitrogens with one attached hydrogen (secondary N) is 1. The molecule has 1 aliphatic rings. The largest absolute Gasteiger partial charge is 0.348 e. The highest BCUT2D eigenvalue weighted by molar-refractivity contribution is 7.99. The van der Waals surface area contributed by atoms with Gasteiger partial charge in [0.25, 0.3) is 0 Å². The minimum atomic E-state index is -0.0239. The summed E-state index contributed by atoms with van der Waals surface area (Å²) in [5, 5.41) is 12.0. The Morgan fingerprint density at radius 3 is 2.58 bits per heavy atom. The lowest BCUT2D eigenvalue weighted by Gasteiger charge is -2.23. The van der Waals surface area contributed by atoms with Crippen LogP contribution in [0, 0.1) is 5.92 Å². The number of hydrogen-bond donors (Lipinski definition) is 2. The van der Waals surface area contributed by atoms with Crippen molar-refractivity contribution in [1.82, 2.24) is 20.2 Å². The van der Waals surface area contributed by atoms with Crippen LogP contribution in [0.2, 0.25) is 0 Å². The van der Waals surface area contributed by atoms with Crippen LogP contribution in [-0.4, -0.2) is 26.5 Å². The number of rotatable bonds is 8. The predicted octanol–water partition coefficient (Wildman–Crippen LogP) is 3.04. The van der Waals surface area contributed by atoms with Crippen molar-refractivity contribution in [2.45, 2.75) is 57.1 Å². The minimum absolute atomic E-state index is 0.00761. The second-order valence-electron chi connectivity index (χ2n) is 7.16. The monoisotopic (exact) mass is 373 g/mol. The first-order chi connectivity index (χ1) is 12.5. The number of aromatic nitrogens is 3. The minimum Gasteiger partial charge on any atom is -0.348 e. The fraction of sp³-hybridized carbons (Fsp3) is 0.526. The molecule has 1 atom stereocenters. The lowest BCUT2D eigenvalue weighted by Crippen LogP contribution is -2.33. The van der Waals surface area contributed by atoms with E-state index >= 15 is 0 Å². The standard InChI is InChI=1S/C19H27N5OS/c1-4-13-5-7-14(8-6-13)17(12(2)3)21-16(25)11-26-19-23-22-18(24(19)20)15-9-10-15/h5-8,12,15,17H,4,9-11,20H2,1-3H3,(H,21,25)/t17-/m0/s1. The summed E-state index contributed by atoms with van der Waals surface area (Å²) >= 11 is 1.33. The van der Waals surface area contributed by atoms with Crippen LogP contribution in [-0.2, 0) is 11.2 Å². The third-order valence-electron chi connectivity index (χ3n) is 4.70. The van der Waals surface area contributed by atoms with Gasteiger partial charge in [-0.05, 0) is 36.3 Å². The molecule has 3 N–H and O–H groups in total. The summed E-state index contributed by atoms with van der Waals surface area (Å²) < 4.78 is 1.53. The zero-order chi connectivity index (χ0) is 18.7. The van der Waals surface area contributed by atoms with Crippen molar-refractivity contribution in [3.8, 4) is 0 Å². The molecule has 0 bridgehead atoms.